The average Bonchev–Trinajstić information content (AvgIpc) is 2.46. The van der Waals surface area contributed by atoms with Crippen molar-refractivity contribution >= 4 is 17.5 Å². The van der Waals surface area contributed by atoms with Crippen molar-refractivity contribution < 1.29 is 18.3 Å². The van der Waals surface area contributed by atoms with E-state index in [1.54, 1.807) is 26.2 Å². The number of ether oxygens (including phenoxy) is 1. The predicted molar refractivity (Wildman–Crippen MR) is 79.0 cm³/mol. The second-order valence-electron chi connectivity index (χ2n) is 4.43. The highest BCUT2D eigenvalue weighted by Gasteiger charge is 2.20. The molecule has 2 aromatic rings. The number of carbonyl (C=O) groups excluding carboxylic acids is 1. The van der Waals surface area contributed by atoms with E-state index in [4.69, 9.17) is 4.74 Å². The minimum atomic E-state index is -0.835. The molecule has 1 unspecified atom stereocenters. The van der Waals surface area contributed by atoms with Crippen LogP contribution in [0, 0.1) is 11.6 Å². The van der Waals surface area contributed by atoms with Gasteiger partial charge in [0.15, 0.2) is 5.78 Å². The average molecular weight is 308 g/mol. The summed E-state index contributed by atoms with van der Waals surface area (Å²) < 4.78 is 31.6. The van der Waals surface area contributed by atoms with E-state index in [2.05, 4.69) is 0 Å². The maximum atomic E-state index is 13.6. The molecular weight excluding hydrogens is 294 g/mol. The summed E-state index contributed by atoms with van der Waals surface area (Å²) in [6, 6.07) is 10.2. The summed E-state index contributed by atoms with van der Waals surface area (Å²) in [6.45, 7) is 1.69. The fourth-order valence-corrected chi connectivity index (χ4v) is 2.82. The van der Waals surface area contributed by atoms with Gasteiger partial charge in [0, 0.05) is 11.0 Å². The molecular formula is C16H14F2O2S. The van der Waals surface area contributed by atoms with Gasteiger partial charge in [-0.2, -0.15) is 0 Å². The molecule has 5 heteroatoms. The van der Waals surface area contributed by atoms with Crippen LogP contribution in [0.3, 0.4) is 0 Å². The molecule has 0 aliphatic heterocycles. The number of thioether (sulfide) groups is 1. The van der Waals surface area contributed by atoms with Crippen molar-refractivity contribution in [1.82, 2.24) is 0 Å². The van der Waals surface area contributed by atoms with Crippen LogP contribution in [0.4, 0.5) is 8.78 Å². The Morgan fingerprint density at radius 3 is 2.62 bits per heavy atom. The third-order valence-corrected chi connectivity index (χ3v) is 4.01. The SMILES string of the molecule is COc1cccc(SC(C)C(=O)c2ccc(F)cc2F)c1. The third kappa shape index (κ3) is 3.82. The van der Waals surface area contributed by atoms with Crippen LogP contribution < -0.4 is 4.74 Å². The van der Waals surface area contributed by atoms with Gasteiger partial charge in [0.2, 0.25) is 0 Å². The number of hydrogen-bond acceptors (Lipinski definition) is 3. The Hall–Kier alpha value is -1.88. The first-order chi connectivity index (χ1) is 10.0. The summed E-state index contributed by atoms with van der Waals surface area (Å²) >= 11 is 1.30. The maximum Gasteiger partial charge on any atom is 0.178 e. The predicted octanol–water partition coefficient (Wildman–Crippen LogP) is 4.34. The molecule has 110 valence electrons. The summed E-state index contributed by atoms with van der Waals surface area (Å²) in [6.07, 6.45) is 0. The lowest BCUT2D eigenvalue weighted by atomic mass is 10.1. The van der Waals surface area contributed by atoms with Gasteiger partial charge in [0.25, 0.3) is 0 Å². The molecule has 0 aromatic heterocycles. The van der Waals surface area contributed by atoms with E-state index < -0.39 is 16.9 Å². The van der Waals surface area contributed by atoms with Gasteiger partial charge in [-0.15, -0.1) is 11.8 Å². The fourth-order valence-electron chi connectivity index (χ4n) is 1.84. The molecule has 0 spiro atoms. The second kappa shape index (κ2) is 6.72. The number of ketones is 1. The molecule has 21 heavy (non-hydrogen) atoms. The first kappa shape index (κ1) is 15.5. The number of benzene rings is 2. The van der Waals surface area contributed by atoms with Crippen molar-refractivity contribution in [3.05, 3.63) is 59.7 Å². The first-order valence-corrected chi connectivity index (χ1v) is 7.19. The minimum Gasteiger partial charge on any atom is -0.497 e. The van der Waals surface area contributed by atoms with Crippen molar-refractivity contribution in [3.63, 3.8) is 0 Å². The summed E-state index contributed by atoms with van der Waals surface area (Å²) in [5.41, 5.74) is -0.0979. The lowest BCUT2D eigenvalue weighted by molar-refractivity contribution is 0.0990. The molecule has 0 saturated carbocycles. The highest BCUT2D eigenvalue weighted by Crippen LogP contribution is 2.28. The number of hydrogen-bond donors (Lipinski definition) is 0. The summed E-state index contributed by atoms with van der Waals surface area (Å²) in [5, 5.41) is -0.489. The second-order valence-corrected chi connectivity index (χ2v) is 5.84. The van der Waals surface area contributed by atoms with E-state index in [-0.39, 0.29) is 11.3 Å². The van der Waals surface area contributed by atoms with Crippen molar-refractivity contribution in [2.45, 2.75) is 17.1 Å². The number of rotatable bonds is 5. The zero-order chi connectivity index (χ0) is 15.4. The molecule has 2 aromatic carbocycles. The van der Waals surface area contributed by atoms with Gasteiger partial charge < -0.3 is 4.74 Å². The largest absolute Gasteiger partial charge is 0.497 e. The number of halogens is 2. The van der Waals surface area contributed by atoms with Crippen LogP contribution >= 0.6 is 11.8 Å². The Bertz CT molecular complexity index is 658. The topological polar surface area (TPSA) is 26.3 Å². The van der Waals surface area contributed by atoms with Gasteiger partial charge in [-0.25, -0.2) is 8.78 Å². The highest BCUT2D eigenvalue weighted by molar-refractivity contribution is 8.00. The Morgan fingerprint density at radius 1 is 1.19 bits per heavy atom. The van der Waals surface area contributed by atoms with Crippen LogP contribution in [0.25, 0.3) is 0 Å². The molecule has 2 rings (SSSR count). The molecule has 0 aliphatic rings. The number of methoxy groups -OCH3 is 1. The lowest BCUT2D eigenvalue weighted by Gasteiger charge is -2.11. The smallest absolute Gasteiger partial charge is 0.178 e. The standard InChI is InChI=1S/C16H14F2O2S/c1-10(21-13-5-3-4-12(9-13)20-2)16(19)14-7-6-11(17)8-15(14)18/h3-10H,1-2H3. The van der Waals surface area contributed by atoms with Gasteiger partial charge in [-0.1, -0.05) is 6.07 Å². The molecule has 0 bridgehead atoms. The Balaban J connectivity index is 2.15. The van der Waals surface area contributed by atoms with E-state index in [1.807, 2.05) is 12.1 Å². The van der Waals surface area contributed by atoms with Crippen LogP contribution in [0.15, 0.2) is 47.4 Å². The molecule has 0 aliphatic carbocycles. The summed E-state index contributed by atoms with van der Waals surface area (Å²) in [4.78, 5) is 13.1. The molecule has 2 nitrogen and oxygen atoms in total. The van der Waals surface area contributed by atoms with Crippen LogP contribution in [0.5, 0.6) is 5.75 Å². The van der Waals surface area contributed by atoms with Gasteiger partial charge in [0.05, 0.1) is 17.9 Å². The van der Waals surface area contributed by atoms with Crippen LogP contribution in [0.1, 0.15) is 17.3 Å². The van der Waals surface area contributed by atoms with Crippen molar-refractivity contribution in [2.75, 3.05) is 7.11 Å². The van der Waals surface area contributed by atoms with Gasteiger partial charge in [0.1, 0.15) is 17.4 Å². The van der Waals surface area contributed by atoms with E-state index in [0.717, 1.165) is 17.0 Å². The Labute approximate surface area is 126 Å². The van der Waals surface area contributed by atoms with Crippen LogP contribution in [-0.2, 0) is 0 Å². The van der Waals surface area contributed by atoms with Gasteiger partial charge in [-0.3, -0.25) is 4.79 Å². The van der Waals surface area contributed by atoms with Crippen molar-refractivity contribution in [2.24, 2.45) is 0 Å². The first-order valence-electron chi connectivity index (χ1n) is 6.31. The van der Waals surface area contributed by atoms with Crippen LogP contribution in [0.2, 0.25) is 0 Å². The van der Waals surface area contributed by atoms with E-state index in [0.29, 0.717) is 5.75 Å². The number of carbonyl (C=O) groups is 1. The molecule has 0 amide bonds. The summed E-state index contributed by atoms with van der Waals surface area (Å²) in [5.74, 6) is -1.22. The molecule has 0 saturated heterocycles. The summed E-state index contributed by atoms with van der Waals surface area (Å²) in [7, 11) is 1.56. The van der Waals surface area contributed by atoms with Crippen molar-refractivity contribution in [3.8, 4) is 5.75 Å². The monoisotopic (exact) mass is 308 g/mol. The van der Waals surface area contributed by atoms with Gasteiger partial charge in [-0.05, 0) is 37.3 Å². The number of Topliss-reactive ketones (excluding diaryl/α,β-unsaturated/α-hetero) is 1. The van der Waals surface area contributed by atoms with Crippen LogP contribution in [-0.4, -0.2) is 18.1 Å². The van der Waals surface area contributed by atoms with Gasteiger partial charge >= 0.3 is 0 Å². The Morgan fingerprint density at radius 2 is 1.95 bits per heavy atom. The van der Waals surface area contributed by atoms with E-state index in [9.17, 15) is 13.6 Å². The lowest BCUT2D eigenvalue weighted by Crippen LogP contribution is -2.15. The molecule has 0 fully saturated rings. The molecule has 1 atom stereocenters. The van der Waals surface area contributed by atoms with E-state index in [1.165, 1.54) is 17.8 Å². The normalized spacial score (nSPS) is 12.0. The molecule has 0 N–H and O–H groups in total. The highest BCUT2D eigenvalue weighted by atomic mass is 32.2. The fraction of sp³-hybridized carbons (Fsp3) is 0.188. The molecule has 0 heterocycles. The zero-order valence-corrected chi connectivity index (χ0v) is 12.4. The minimum absolute atomic E-state index is 0.0979. The van der Waals surface area contributed by atoms with Crippen molar-refractivity contribution in [1.29, 1.82) is 0 Å². The zero-order valence-electron chi connectivity index (χ0n) is 11.6. The third-order valence-electron chi connectivity index (χ3n) is 2.92. The Kier molecular flexibility index (Phi) is 4.96. The van der Waals surface area contributed by atoms with E-state index >= 15 is 0 Å². The molecule has 0 radical (unpaired) electrons. The quantitative estimate of drug-likeness (QED) is 0.607. The maximum absolute atomic E-state index is 13.6.